The highest BCUT2D eigenvalue weighted by atomic mass is 19.1. The standard InChI is InChI=1S/C19H21F2NO3/c1-11(20)12-5-6-13-14(7-12)19(8-15(19)21)10-22(17(13)24)9-16(23)25-18(2,3)4/h5-7,15H,1,8-10H2,2-4H3/t15-,19-/m1/s1. The van der Waals surface area contributed by atoms with E-state index in [1.807, 2.05) is 0 Å². The molecule has 0 saturated heterocycles. The molecule has 1 aromatic rings. The predicted molar refractivity (Wildman–Crippen MR) is 89.5 cm³/mol. The summed E-state index contributed by atoms with van der Waals surface area (Å²) in [4.78, 5) is 26.1. The first-order valence-electron chi connectivity index (χ1n) is 8.18. The van der Waals surface area contributed by atoms with Crippen LogP contribution in [0.4, 0.5) is 8.78 Å². The summed E-state index contributed by atoms with van der Waals surface area (Å²) in [7, 11) is 0. The average molecular weight is 349 g/mol. The van der Waals surface area contributed by atoms with Crippen LogP contribution in [0.1, 0.15) is 48.7 Å². The highest BCUT2D eigenvalue weighted by molar-refractivity contribution is 5.99. The number of fused-ring (bicyclic) bond motifs is 2. The molecular formula is C19H21F2NO3. The van der Waals surface area contributed by atoms with Gasteiger partial charge >= 0.3 is 5.97 Å². The van der Waals surface area contributed by atoms with E-state index >= 15 is 0 Å². The molecule has 2 aliphatic rings. The fraction of sp³-hybridized carbons (Fsp3) is 0.474. The number of alkyl halides is 1. The first-order chi connectivity index (χ1) is 11.5. The molecule has 0 bridgehead atoms. The van der Waals surface area contributed by atoms with E-state index in [2.05, 4.69) is 6.58 Å². The van der Waals surface area contributed by atoms with Gasteiger partial charge in [-0.3, -0.25) is 9.59 Å². The predicted octanol–water partition coefficient (Wildman–Crippen LogP) is 3.40. The van der Waals surface area contributed by atoms with Gasteiger partial charge in [0.05, 0.1) is 0 Å². The van der Waals surface area contributed by atoms with Crippen LogP contribution < -0.4 is 0 Å². The number of ether oxygens (including phenoxy) is 1. The van der Waals surface area contributed by atoms with Crippen LogP contribution in [-0.4, -0.2) is 41.6 Å². The minimum Gasteiger partial charge on any atom is -0.459 e. The Kier molecular flexibility index (Phi) is 3.97. The van der Waals surface area contributed by atoms with E-state index in [1.54, 1.807) is 20.8 Å². The zero-order valence-corrected chi connectivity index (χ0v) is 14.6. The lowest BCUT2D eigenvalue weighted by atomic mass is 9.85. The summed E-state index contributed by atoms with van der Waals surface area (Å²) in [5.41, 5.74) is -0.479. The van der Waals surface area contributed by atoms with Crippen LogP contribution in [0.5, 0.6) is 0 Å². The van der Waals surface area contributed by atoms with Crippen molar-refractivity contribution in [1.29, 1.82) is 0 Å². The number of amides is 1. The van der Waals surface area contributed by atoms with Gasteiger partial charge in [-0.25, -0.2) is 8.78 Å². The second-order valence-corrected chi connectivity index (χ2v) is 7.74. The largest absolute Gasteiger partial charge is 0.459 e. The van der Waals surface area contributed by atoms with E-state index < -0.39 is 29.0 Å². The van der Waals surface area contributed by atoms with Crippen molar-refractivity contribution in [2.75, 3.05) is 13.1 Å². The fourth-order valence-corrected chi connectivity index (χ4v) is 3.34. The molecule has 1 aliphatic carbocycles. The Morgan fingerprint density at radius 2 is 2.08 bits per heavy atom. The van der Waals surface area contributed by atoms with E-state index in [1.165, 1.54) is 23.1 Å². The second kappa shape index (κ2) is 5.64. The molecule has 0 unspecified atom stereocenters. The molecule has 0 N–H and O–H groups in total. The van der Waals surface area contributed by atoms with E-state index in [0.29, 0.717) is 11.1 Å². The Balaban J connectivity index is 1.91. The SMILES string of the molecule is C=C(F)c1ccc2c(c1)[C@@]1(C[C@H]1F)CN(CC(=O)OC(C)(C)C)C2=O. The molecule has 1 spiro atoms. The van der Waals surface area contributed by atoms with Gasteiger partial charge in [-0.15, -0.1) is 0 Å². The average Bonchev–Trinajstić information content (AvgIpc) is 3.12. The van der Waals surface area contributed by atoms with Crippen molar-refractivity contribution in [3.05, 3.63) is 41.5 Å². The number of esters is 1. The Hall–Kier alpha value is -2.24. The van der Waals surface area contributed by atoms with Gasteiger partial charge in [0.15, 0.2) is 0 Å². The molecule has 134 valence electrons. The lowest BCUT2D eigenvalue weighted by Crippen LogP contribution is -2.47. The Bertz CT molecular complexity index is 768. The summed E-state index contributed by atoms with van der Waals surface area (Å²) in [6, 6.07) is 4.42. The minimum atomic E-state index is -1.12. The zero-order chi connectivity index (χ0) is 18.6. The maximum Gasteiger partial charge on any atom is 0.326 e. The maximum absolute atomic E-state index is 14.2. The van der Waals surface area contributed by atoms with Crippen LogP contribution in [0.15, 0.2) is 24.8 Å². The molecule has 0 aromatic heterocycles. The van der Waals surface area contributed by atoms with Crippen molar-refractivity contribution in [2.45, 2.75) is 44.4 Å². The third-order valence-corrected chi connectivity index (χ3v) is 4.58. The molecule has 25 heavy (non-hydrogen) atoms. The van der Waals surface area contributed by atoms with Crippen LogP contribution in [0, 0.1) is 0 Å². The highest BCUT2D eigenvalue weighted by Crippen LogP contribution is 2.54. The number of benzene rings is 1. The van der Waals surface area contributed by atoms with Crippen molar-refractivity contribution in [3.8, 4) is 0 Å². The first kappa shape index (κ1) is 17.6. The summed E-state index contributed by atoms with van der Waals surface area (Å²) in [5, 5.41) is 0. The number of carbonyl (C=O) groups is 2. The van der Waals surface area contributed by atoms with Crippen molar-refractivity contribution in [3.63, 3.8) is 0 Å². The lowest BCUT2D eigenvalue weighted by molar-refractivity contribution is -0.155. The number of carbonyl (C=O) groups excluding carboxylic acids is 2. The summed E-state index contributed by atoms with van der Waals surface area (Å²) in [6.07, 6.45) is -0.871. The van der Waals surface area contributed by atoms with Gasteiger partial charge in [-0.1, -0.05) is 12.6 Å². The van der Waals surface area contributed by atoms with Crippen LogP contribution in [0.25, 0.3) is 5.83 Å². The van der Waals surface area contributed by atoms with Crippen LogP contribution in [0.3, 0.4) is 0 Å². The first-order valence-corrected chi connectivity index (χ1v) is 8.18. The van der Waals surface area contributed by atoms with Crippen molar-refractivity contribution in [2.24, 2.45) is 0 Å². The lowest BCUT2D eigenvalue weighted by Gasteiger charge is -2.34. The molecule has 1 fully saturated rings. The molecule has 3 rings (SSSR count). The maximum atomic E-state index is 14.2. The number of halogens is 2. The minimum absolute atomic E-state index is 0.0848. The second-order valence-electron chi connectivity index (χ2n) is 7.74. The van der Waals surface area contributed by atoms with Gasteiger partial charge in [0.2, 0.25) is 0 Å². The molecule has 4 nitrogen and oxygen atoms in total. The number of hydrogen-bond donors (Lipinski definition) is 0. The van der Waals surface area contributed by atoms with Crippen LogP contribution in [-0.2, 0) is 14.9 Å². The van der Waals surface area contributed by atoms with Gasteiger partial charge < -0.3 is 9.64 Å². The molecule has 2 atom stereocenters. The van der Waals surface area contributed by atoms with Crippen molar-refractivity contribution >= 4 is 17.7 Å². The smallest absolute Gasteiger partial charge is 0.326 e. The van der Waals surface area contributed by atoms with Gasteiger partial charge in [0.1, 0.15) is 24.1 Å². The van der Waals surface area contributed by atoms with E-state index in [9.17, 15) is 18.4 Å². The molecule has 0 radical (unpaired) electrons. The fourth-order valence-electron chi connectivity index (χ4n) is 3.34. The summed E-state index contributed by atoms with van der Waals surface area (Å²) >= 11 is 0. The summed E-state index contributed by atoms with van der Waals surface area (Å²) < 4.78 is 32.9. The molecule has 1 aliphatic heterocycles. The van der Waals surface area contributed by atoms with Gasteiger partial charge in [0.25, 0.3) is 5.91 Å². The highest BCUT2D eigenvalue weighted by Gasteiger charge is 2.61. The van der Waals surface area contributed by atoms with Gasteiger partial charge in [-0.2, -0.15) is 0 Å². The quantitative estimate of drug-likeness (QED) is 0.786. The van der Waals surface area contributed by atoms with Crippen molar-refractivity contribution < 1.29 is 23.1 Å². The third-order valence-electron chi connectivity index (χ3n) is 4.58. The molecular weight excluding hydrogens is 328 g/mol. The molecule has 1 heterocycles. The van der Waals surface area contributed by atoms with Crippen LogP contribution in [0.2, 0.25) is 0 Å². The third kappa shape index (κ3) is 3.17. The van der Waals surface area contributed by atoms with Crippen molar-refractivity contribution in [1.82, 2.24) is 4.90 Å². The topological polar surface area (TPSA) is 46.6 Å². The monoisotopic (exact) mass is 349 g/mol. The Labute approximate surface area is 145 Å². The number of rotatable bonds is 3. The van der Waals surface area contributed by atoms with Gasteiger partial charge in [-0.05, 0) is 44.9 Å². The Morgan fingerprint density at radius 3 is 2.60 bits per heavy atom. The normalized spacial score (nSPS) is 24.9. The molecule has 6 heteroatoms. The summed E-state index contributed by atoms with van der Waals surface area (Å²) in [6.45, 7) is 8.32. The van der Waals surface area contributed by atoms with E-state index in [0.717, 1.165) is 0 Å². The van der Waals surface area contributed by atoms with E-state index in [-0.39, 0.29) is 31.0 Å². The zero-order valence-electron chi connectivity index (χ0n) is 14.6. The molecule has 1 saturated carbocycles. The number of hydrogen-bond acceptors (Lipinski definition) is 3. The van der Waals surface area contributed by atoms with Crippen LogP contribution >= 0.6 is 0 Å². The molecule has 1 amide bonds. The molecule has 1 aromatic carbocycles. The number of nitrogens with zero attached hydrogens (tertiary/aromatic N) is 1. The van der Waals surface area contributed by atoms with E-state index in [4.69, 9.17) is 4.74 Å². The Morgan fingerprint density at radius 1 is 1.44 bits per heavy atom. The van der Waals surface area contributed by atoms with Gasteiger partial charge in [0, 0.05) is 23.1 Å². The summed E-state index contributed by atoms with van der Waals surface area (Å²) in [5.74, 6) is -1.54.